The quantitative estimate of drug-likeness (QED) is 0.528. The molecular formula is C18H20N4OS. The van der Waals surface area contributed by atoms with E-state index >= 15 is 0 Å². The molecule has 1 amide bonds. The molecule has 1 aliphatic carbocycles. The summed E-state index contributed by atoms with van der Waals surface area (Å²) in [4.78, 5) is 20.7. The second-order valence-corrected chi connectivity index (χ2v) is 6.77. The Balaban J connectivity index is 1.60. The molecule has 5 nitrogen and oxygen atoms in total. The average Bonchev–Trinajstić information content (AvgIpc) is 2.57. The number of aromatic nitrogens is 2. The Morgan fingerprint density at radius 2 is 1.96 bits per heavy atom. The van der Waals surface area contributed by atoms with Gasteiger partial charge in [-0.2, -0.15) is 5.10 Å². The summed E-state index contributed by atoms with van der Waals surface area (Å²) in [6.45, 7) is 3.84. The van der Waals surface area contributed by atoms with Gasteiger partial charge in [0.25, 0.3) is 5.91 Å². The zero-order chi connectivity index (χ0) is 16.9. The van der Waals surface area contributed by atoms with Crippen LogP contribution in [0.15, 0.2) is 40.6 Å². The monoisotopic (exact) mass is 340 g/mol. The molecule has 124 valence electrons. The first-order valence-electron chi connectivity index (χ1n) is 8.00. The van der Waals surface area contributed by atoms with Gasteiger partial charge in [-0.05, 0) is 44.7 Å². The van der Waals surface area contributed by atoms with E-state index in [1.54, 1.807) is 0 Å². The molecule has 0 aliphatic heterocycles. The number of nitrogens with zero attached hydrogens (tertiary/aromatic N) is 3. The normalized spacial score (nSPS) is 15.2. The maximum Gasteiger partial charge on any atom is 0.250 e. The lowest BCUT2D eigenvalue weighted by atomic mass is 9.90. The predicted molar refractivity (Wildman–Crippen MR) is 96.3 cm³/mol. The van der Waals surface area contributed by atoms with Gasteiger partial charge in [0.2, 0.25) is 0 Å². The van der Waals surface area contributed by atoms with E-state index in [0.717, 1.165) is 41.9 Å². The molecule has 0 bridgehead atoms. The minimum absolute atomic E-state index is 0.140. The number of benzene rings is 1. The summed E-state index contributed by atoms with van der Waals surface area (Å²) in [5, 5.41) is 4.96. The highest BCUT2D eigenvalue weighted by atomic mass is 32.2. The number of rotatable bonds is 4. The Morgan fingerprint density at radius 3 is 2.75 bits per heavy atom. The van der Waals surface area contributed by atoms with E-state index in [1.165, 1.54) is 17.3 Å². The maximum absolute atomic E-state index is 12.0. The van der Waals surface area contributed by atoms with Crippen LogP contribution in [-0.4, -0.2) is 27.3 Å². The molecule has 0 radical (unpaired) electrons. The Kier molecular flexibility index (Phi) is 5.25. The van der Waals surface area contributed by atoms with Crippen LogP contribution in [0, 0.1) is 13.8 Å². The van der Waals surface area contributed by atoms with Crippen LogP contribution in [0.4, 0.5) is 0 Å². The van der Waals surface area contributed by atoms with Crippen LogP contribution in [0.3, 0.4) is 0 Å². The zero-order valence-electron chi connectivity index (χ0n) is 13.9. The van der Waals surface area contributed by atoms with Crippen molar-refractivity contribution in [3.8, 4) is 0 Å². The van der Waals surface area contributed by atoms with Crippen molar-refractivity contribution in [3.05, 3.63) is 52.8 Å². The van der Waals surface area contributed by atoms with Gasteiger partial charge in [0.15, 0.2) is 5.16 Å². The van der Waals surface area contributed by atoms with Crippen molar-refractivity contribution in [2.75, 3.05) is 5.75 Å². The van der Waals surface area contributed by atoms with Crippen LogP contribution in [0.5, 0.6) is 0 Å². The van der Waals surface area contributed by atoms with E-state index < -0.39 is 0 Å². The number of carbonyl (C=O) groups excluding carboxylic acids is 1. The molecule has 0 saturated carbocycles. The second kappa shape index (κ2) is 7.57. The van der Waals surface area contributed by atoms with Gasteiger partial charge in [0, 0.05) is 17.0 Å². The van der Waals surface area contributed by atoms with Crippen LogP contribution in [0.25, 0.3) is 0 Å². The highest BCUT2D eigenvalue weighted by Gasteiger charge is 2.15. The van der Waals surface area contributed by atoms with Gasteiger partial charge in [0.05, 0.1) is 11.5 Å². The van der Waals surface area contributed by atoms with Crippen LogP contribution in [0.1, 0.15) is 35.4 Å². The molecule has 1 N–H and O–H groups in total. The van der Waals surface area contributed by atoms with Gasteiger partial charge < -0.3 is 0 Å². The number of fused-ring (bicyclic) bond motifs is 1. The van der Waals surface area contributed by atoms with Crippen LogP contribution < -0.4 is 5.43 Å². The maximum atomic E-state index is 12.0. The molecule has 1 aromatic heterocycles. The summed E-state index contributed by atoms with van der Waals surface area (Å²) in [5.41, 5.74) is 7.88. The number of aryl methyl sites for hydroxylation is 3. The number of carbonyl (C=O) groups is 1. The smallest absolute Gasteiger partial charge is 0.250 e. The lowest BCUT2D eigenvalue weighted by molar-refractivity contribution is -0.118. The van der Waals surface area contributed by atoms with Crippen molar-refractivity contribution in [2.45, 2.75) is 38.3 Å². The summed E-state index contributed by atoms with van der Waals surface area (Å²) in [6, 6.07) is 10.2. The molecule has 24 heavy (non-hydrogen) atoms. The Labute approximate surface area is 146 Å². The molecule has 2 aromatic rings. The van der Waals surface area contributed by atoms with Crippen molar-refractivity contribution in [1.29, 1.82) is 0 Å². The molecule has 1 aromatic carbocycles. The van der Waals surface area contributed by atoms with Crippen LogP contribution in [0.2, 0.25) is 0 Å². The van der Waals surface area contributed by atoms with E-state index in [1.807, 2.05) is 32.0 Å². The van der Waals surface area contributed by atoms with Gasteiger partial charge in [-0.15, -0.1) is 0 Å². The number of hydrogen-bond acceptors (Lipinski definition) is 5. The number of hydrazone groups is 1. The van der Waals surface area contributed by atoms with Crippen molar-refractivity contribution in [3.63, 3.8) is 0 Å². The van der Waals surface area contributed by atoms with Gasteiger partial charge in [-0.1, -0.05) is 36.0 Å². The van der Waals surface area contributed by atoms with E-state index in [0.29, 0.717) is 5.16 Å². The number of amides is 1. The molecule has 1 aliphatic rings. The van der Waals surface area contributed by atoms with Crippen molar-refractivity contribution in [1.82, 2.24) is 15.4 Å². The predicted octanol–water partition coefficient (Wildman–Crippen LogP) is 3.04. The summed E-state index contributed by atoms with van der Waals surface area (Å²) < 4.78 is 0. The molecule has 6 heteroatoms. The second-order valence-electron chi connectivity index (χ2n) is 5.83. The van der Waals surface area contributed by atoms with E-state index in [4.69, 9.17) is 0 Å². The minimum atomic E-state index is -0.140. The molecule has 3 rings (SSSR count). The summed E-state index contributed by atoms with van der Waals surface area (Å²) >= 11 is 1.33. The molecule has 1 heterocycles. The fourth-order valence-electron chi connectivity index (χ4n) is 2.77. The first kappa shape index (κ1) is 16.6. The minimum Gasteiger partial charge on any atom is -0.272 e. The topological polar surface area (TPSA) is 67.2 Å². The summed E-state index contributed by atoms with van der Waals surface area (Å²) in [7, 11) is 0. The van der Waals surface area contributed by atoms with Gasteiger partial charge in [-0.3, -0.25) is 4.79 Å². The molecule has 0 unspecified atom stereocenters. The highest BCUT2D eigenvalue weighted by molar-refractivity contribution is 7.99. The standard InChI is InChI=1S/C18H20N4OS/c1-12-10-13(2)20-18(19-12)24-11-17(23)22-21-16-9-5-7-14-6-3-4-8-15(14)16/h3-4,6,8,10H,5,7,9,11H2,1-2H3,(H,22,23)/b21-16+. The fraction of sp³-hybridized carbons (Fsp3) is 0.333. The van der Waals surface area contributed by atoms with Crippen LogP contribution >= 0.6 is 11.8 Å². The van der Waals surface area contributed by atoms with Crippen molar-refractivity contribution >= 4 is 23.4 Å². The highest BCUT2D eigenvalue weighted by Crippen LogP contribution is 2.21. The Hall–Kier alpha value is -2.21. The van der Waals surface area contributed by atoms with Gasteiger partial charge >= 0.3 is 0 Å². The van der Waals surface area contributed by atoms with Crippen molar-refractivity contribution in [2.24, 2.45) is 5.10 Å². The van der Waals surface area contributed by atoms with Crippen molar-refractivity contribution < 1.29 is 4.79 Å². The number of thioether (sulfide) groups is 1. The third kappa shape index (κ3) is 4.20. The van der Waals surface area contributed by atoms with Crippen LogP contribution in [-0.2, 0) is 11.2 Å². The Morgan fingerprint density at radius 1 is 1.21 bits per heavy atom. The van der Waals surface area contributed by atoms with Gasteiger partial charge in [-0.25, -0.2) is 15.4 Å². The summed E-state index contributed by atoms with van der Waals surface area (Å²) in [5.74, 6) is 0.111. The first-order valence-corrected chi connectivity index (χ1v) is 8.99. The number of nitrogens with one attached hydrogen (secondary N) is 1. The largest absolute Gasteiger partial charge is 0.272 e. The Bertz CT molecular complexity index is 768. The first-order chi connectivity index (χ1) is 11.6. The molecule has 0 atom stereocenters. The van der Waals surface area contributed by atoms with Gasteiger partial charge in [0.1, 0.15) is 0 Å². The lowest BCUT2D eigenvalue weighted by Crippen LogP contribution is -2.23. The van der Waals surface area contributed by atoms with E-state index in [9.17, 15) is 4.79 Å². The fourth-order valence-corrected chi connectivity index (χ4v) is 3.51. The number of hydrogen-bond donors (Lipinski definition) is 1. The van der Waals surface area contributed by atoms with E-state index in [-0.39, 0.29) is 11.7 Å². The molecule has 0 saturated heterocycles. The molecular weight excluding hydrogens is 320 g/mol. The summed E-state index contributed by atoms with van der Waals surface area (Å²) in [6.07, 6.45) is 3.03. The zero-order valence-corrected chi connectivity index (χ0v) is 14.7. The lowest BCUT2D eigenvalue weighted by Gasteiger charge is -2.17. The molecule has 0 fully saturated rings. The molecule has 0 spiro atoms. The van der Waals surface area contributed by atoms with E-state index in [2.05, 4.69) is 32.6 Å². The SMILES string of the molecule is Cc1cc(C)nc(SCC(=O)N/N=C2\CCCc3ccccc32)n1. The third-order valence-corrected chi connectivity index (χ3v) is 4.64. The average molecular weight is 340 g/mol. The third-order valence-electron chi connectivity index (χ3n) is 3.80.